The molecule has 28 heavy (non-hydrogen) atoms. The largest absolute Gasteiger partial charge is 0.466 e. The Balaban J connectivity index is 1.85. The van der Waals surface area contributed by atoms with Crippen molar-refractivity contribution in [3.05, 3.63) is 64.7 Å². The van der Waals surface area contributed by atoms with E-state index in [2.05, 4.69) is 0 Å². The molecule has 0 aliphatic rings. The second-order valence-electron chi connectivity index (χ2n) is 6.51. The van der Waals surface area contributed by atoms with Gasteiger partial charge in [0.1, 0.15) is 0 Å². The quantitative estimate of drug-likeness (QED) is 0.540. The van der Waals surface area contributed by atoms with Crippen molar-refractivity contribution < 1.29 is 17.9 Å². The monoisotopic (exact) mass is 423 g/mol. The summed E-state index contributed by atoms with van der Waals surface area (Å²) in [6.45, 7) is 2.59. The van der Waals surface area contributed by atoms with Crippen molar-refractivity contribution in [2.45, 2.75) is 37.5 Å². The van der Waals surface area contributed by atoms with E-state index in [4.69, 9.17) is 16.3 Å². The van der Waals surface area contributed by atoms with Gasteiger partial charge in [0.05, 0.1) is 11.5 Å². The number of aryl methyl sites for hydroxylation is 1. The van der Waals surface area contributed by atoms with Crippen molar-refractivity contribution in [2.24, 2.45) is 0 Å². The first-order valence-electron chi connectivity index (χ1n) is 9.28. The van der Waals surface area contributed by atoms with Gasteiger partial charge in [-0.1, -0.05) is 35.9 Å². The van der Waals surface area contributed by atoms with E-state index >= 15 is 0 Å². The number of rotatable bonds is 10. The van der Waals surface area contributed by atoms with Gasteiger partial charge in [0, 0.05) is 25.0 Å². The topological polar surface area (TPSA) is 63.7 Å². The first kappa shape index (κ1) is 22.4. The van der Waals surface area contributed by atoms with E-state index in [0.29, 0.717) is 31.0 Å². The van der Waals surface area contributed by atoms with Crippen LogP contribution in [0.2, 0.25) is 5.02 Å². The van der Waals surface area contributed by atoms with Crippen molar-refractivity contribution >= 4 is 27.6 Å². The standard InChI is InChI=1S/C21H26ClNO4S/c1-3-27-21(24)6-4-5-17-7-9-18(10-8-17)15-16-23(2)28(25,26)20-13-11-19(22)12-14-20/h7-14H,3-6,15-16H2,1-2H3. The second-order valence-corrected chi connectivity index (χ2v) is 8.99. The van der Waals surface area contributed by atoms with Crippen LogP contribution in [-0.2, 0) is 32.4 Å². The van der Waals surface area contributed by atoms with Crippen LogP contribution in [0.3, 0.4) is 0 Å². The van der Waals surface area contributed by atoms with Gasteiger partial charge >= 0.3 is 5.97 Å². The van der Waals surface area contributed by atoms with Crippen molar-refractivity contribution in [1.82, 2.24) is 4.31 Å². The number of carbonyl (C=O) groups excluding carboxylic acids is 1. The number of nitrogens with zero attached hydrogens (tertiary/aromatic N) is 1. The van der Waals surface area contributed by atoms with E-state index in [0.717, 1.165) is 24.0 Å². The van der Waals surface area contributed by atoms with Gasteiger partial charge < -0.3 is 4.74 Å². The van der Waals surface area contributed by atoms with E-state index in [-0.39, 0.29) is 10.9 Å². The zero-order valence-electron chi connectivity index (χ0n) is 16.2. The normalized spacial score (nSPS) is 11.6. The van der Waals surface area contributed by atoms with Gasteiger partial charge in [-0.3, -0.25) is 4.79 Å². The minimum Gasteiger partial charge on any atom is -0.466 e. The molecular formula is C21H26ClNO4S. The molecule has 0 saturated heterocycles. The number of ether oxygens (including phenoxy) is 1. The Kier molecular flexibility index (Phi) is 8.48. The maximum Gasteiger partial charge on any atom is 0.305 e. The summed E-state index contributed by atoms with van der Waals surface area (Å²) in [5, 5.41) is 0.504. The van der Waals surface area contributed by atoms with Crippen LogP contribution < -0.4 is 0 Å². The number of halogens is 1. The number of hydrogen-bond donors (Lipinski definition) is 0. The van der Waals surface area contributed by atoms with E-state index in [9.17, 15) is 13.2 Å². The molecule has 0 aromatic heterocycles. The summed E-state index contributed by atoms with van der Waals surface area (Å²) in [7, 11) is -1.95. The minimum atomic E-state index is -3.53. The maximum absolute atomic E-state index is 12.6. The van der Waals surface area contributed by atoms with E-state index in [1.807, 2.05) is 24.3 Å². The van der Waals surface area contributed by atoms with E-state index in [1.165, 1.54) is 16.4 Å². The van der Waals surface area contributed by atoms with Gasteiger partial charge in [-0.25, -0.2) is 12.7 Å². The minimum absolute atomic E-state index is 0.163. The fourth-order valence-electron chi connectivity index (χ4n) is 2.74. The summed E-state index contributed by atoms with van der Waals surface area (Å²) in [5.41, 5.74) is 2.21. The van der Waals surface area contributed by atoms with Crippen LogP contribution in [0.1, 0.15) is 30.9 Å². The van der Waals surface area contributed by atoms with Crippen molar-refractivity contribution in [1.29, 1.82) is 0 Å². The Labute approximate surface area is 172 Å². The molecule has 2 aromatic carbocycles. The Morgan fingerprint density at radius 3 is 2.14 bits per heavy atom. The second kappa shape index (κ2) is 10.6. The van der Waals surface area contributed by atoms with Crippen molar-refractivity contribution in [2.75, 3.05) is 20.2 Å². The molecule has 0 aliphatic carbocycles. The van der Waals surface area contributed by atoms with Crippen molar-refractivity contribution in [3.8, 4) is 0 Å². The summed E-state index contributed by atoms with van der Waals surface area (Å²) in [4.78, 5) is 11.6. The molecule has 0 heterocycles. The molecule has 0 aliphatic heterocycles. The van der Waals surface area contributed by atoms with Crippen LogP contribution in [0.5, 0.6) is 0 Å². The SMILES string of the molecule is CCOC(=O)CCCc1ccc(CCN(C)S(=O)(=O)c2ccc(Cl)cc2)cc1. The molecule has 0 unspecified atom stereocenters. The van der Waals surface area contributed by atoms with Crippen LogP contribution >= 0.6 is 11.6 Å². The van der Waals surface area contributed by atoms with Gasteiger partial charge in [0.25, 0.3) is 0 Å². The summed E-state index contributed by atoms with van der Waals surface area (Å²) in [6.07, 6.45) is 2.60. The Morgan fingerprint density at radius 1 is 1.00 bits per heavy atom. The molecule has 0 spiro atoms. The third-order valence-electron chi connectivity index (χ3n) is 4.41. The molecule has 0 saturated carbocycles. The number of benzene rings is 2. The molecule has 0 amide bonds. The van der Waals surface area contributed by atoms with Gasteiger partial charge in [-0.15, -0.1) is 0 Å². The molecular weight excluding hydrogens is 398 g/mol. The van der Waals surface area contributed by atoms with Gasteiger partial charge in [0.15, 0.2) is 0 Å². The highest BCUT2D eigenvalue weighted by Gasteiger charge is 2.20. The summed E-state index contributed by atoms with van der Waals surface area (Å²) < 4.78 is 31.4. The third kappa shape index (κ3) is 6.62. The summed E-state index contributed by atoms with van der Waals surface area (Å²) >= 11 is 5.83. The smallest absolute Gasteiger partial charge is 0.305 e. The van der Waals surface area contributed by atoms with Crippen LogP contribution in [0, 0.1) is 0 Å². The molecule has 5 nitrogen and oxygen atoms in total. The Hall–Kier alpha value is -1.89. The molecule has 0 radical (unpaired) electrons. The van der Waals surface area contributed by atoms with Crippen LogP contribution in [0.15, 0.2) is 53.4 Å². The molecule has 0 atom stereocenters. The molecule has 2 aromatic rings. The number of hydrogen-bond acceptors (Lipinski definition) is 4. The Bertz CT molecular complexity index is 864. The average Bonchev–Trinajstić information content (AvgIpc) is 2.67. The lowest BCUT2D eigenvalue weighted by molar-refractivity contribution is -0.143. The highest BCUT2D eigenvalue weighted by Crippen LogP contribution is 2.18. The summed E-state index contributed by atoms with van der Waals surface area (Å²) in [5.74, 6) is -0.163. The number of carbonyl (C=O) groups is 1. The molecule has 7 heteroatoms. The maximum atomic E-state index is 12.6. The highest BCUT2D eigenvalue weighted by atomic mass is 35.5. The number of likely N-dealkylation sites (N-methyl/N-ethyl adjacent to an activating group) is 1. The van der Waals surface area contributed by atoms with Crippen LogP contribution in [-0.4, -0.2) is 38.9 Å². The van der Waals surface area contributed by atoms with E-state index in [1.54, 1.807) is 26.1 Å². The first-order chi connectivity index (χ1) is 13.3. The zero-order chi connectivity index (χ0) is 20.6. The molecule has 0 fully saturated rings. The zero-order valence-corrected chi connectivity index (χ0v) is 17.8. The molecule has 152 valence electrons. The lowest BCUT2D eigenvalue weighted by atomic mass is 10.0. The third-order valence-corrected chi connectivity index (χ3v) is 6.53. The van der Waals surface area contributed by atoms with Crippen molar-refractivity contribution in [3.63, 3.8) is 0 Å². The Morgan fingerprint density at radius 2 is 1.57 bits per heavy atom. The number of esters is 1. The predicted molar refractivity (Wildman–Crippen MR) is 111 cm³/mol. The lowest BCUT2D eigenvalue weighted by Crippen LogP contribution is -2.29. The molecule has 2 rings (SSSR count). The van der Waals surface area contributed by atoms with Gasteiger partial charge in [0.2, 0.25) is 10.0 Å². The summed E-state index contributed by atoms with van der Waals surface area (Å²) in [6, 6.07) is 14.2. The molecule has 0 bridgehead atoms. The molecule has 0 N–H and O–H groups in total. The number of sulfonamides is 1. The fourth-order valence-corrected chi connectivity index (χ4v) is 4.03. The first-order valence-corrected chi connectivity index (χ1v) is 11.1. The fraction of sp³-hybridized carbons (Fsp3) is 0.381. The highest BCUT2D eigenvalue weighted by molar-refractivity contribution is 7.89. The van der Waals surface area contributed by atoms with Gasteiger partial charge in [-0.05, 0) is 61.6 Å². The van der Waals surface area contributed by atoms with Crippen LogP contribution in [0.25, 0.3) is 0 Å². The lowest BCUT2D eigenvalue weighted by Gasteiger charge is -2.17. The predicted octanol–water partition coefficient (Wildman–Crippen LogP) is 4.09. The van der Waals surface area contributed by atoms with Crippen LogP contribution in [0.4, 0.5) is 0 Å². The average molecular weight is 424 g/mol. The van der Waals surface area contributed by atoms with E-state index < -0.39 is 10.0 Å². The van der Waals surface area contributed by atoms with Gasteiger partial charge in [-0.2, -0.15) is 0 Å².